The SMILES string of the molecule is Cc1n[nH]cc1-c1nnc(Cc2ccc(Cl)c(Oc3cc(N)cc(Cl)c3)c2F)o1. The summed E-state index contributed by atoms with van der Waals surface area (Å²) >= 11 is 12.1. The molecule has 0 amide bonds. The van der Waals surface area contributed by atoms with Gasteiger partial charge in [-0.05, 0) is 25.1 Å². The zero-order valence-electron chi connectivity index (χ0n) is 15.0. The monoisotopic (exact) mass is 433 g/mol. The lowest BCUT2D eigenvalue weighted by atomic mass is 10.1. The zero-order valence-corrected chi connectivity index (χ0v) is 16.6. The van der Waals surface area contributed by atoms with Gasteiger partial charge < -0.3 is 14.9 Å². The number of aromatic nitrogens is 4. The number of aromatic amines is 1. The Hall–Kier alpha value is -3.10. The number of hydrogen-bond acceptors (Lipinski definition) is 6. The molecular formula is C19H14Cl2FN5O2. The molecule has 0 aliphatic heterocycles. The number of nitrogens with zero attached hydrogens (tertiary/aromatic N) is 3. The average Bonchev–Trinajstić information content (AvgIpc) is 3.29. The fraction of sp³-hybridized carbons (Fsp3) is 0.105. The molecule has 4 aromatic rings. The Kier molecular flexibility index (Phi) is 5.12. The Morgan fingerprint density at radius 1 is 1.21 bits per heavy atom. The number of nitrogens with one attached hydrogen (secondary N) is 1. The fourth-order valence-electron chi connectivity index (χ4n) is 2.74. The Balaban J connectivity index is 1.62. The van der Waals surface area contributed by atoms with Gasteiger partial charge in [-0.15, -0.1) is 10.2 Å². The van der Waals surface area contributed by atoms with Crippen molar-refractivity contribution in [2.24, 2.45) is 0 Å². The predicted octanol–water partition coefficient (Wildman–Crippen LogP) is 5.18. The molecule has 0 fully saturated rings. The van der Waals surface area contributed by atoms with Crippen LogP contribution in [-0.2, 0) is 6.42 Å². The van der Waals surface area contributed by atoms with E-state index in [0.717, 1.165) is 0 Å². The lowest BCUT2D eigenvalue weighted by Gasteiger charge is -2.12. The highest BCUT2D eigenvalue weighted by atomic mass is 35.5. The first-order valence-corrected chi connectivity index (χ1v) is 9.20. The average molecular weight is 434 g/mol. The van der Waals surface area contributed by atoms with Crippen LogP contribution in [0, 0.1) is 12.7 Å². The second-order valence-corrected chi connectivity index (χ2v) is 7.08. The van der Waals surface area contributed by atoms with Crippen LogP contribution in [0.5, 0.6) is 11.5 Å². The first-order valence-electron chi connectivity index (χ1n) is 8.44. The van der Waals surface area contributed by atoms with Crippen molar-refractivity contribution in [3.05, 3.63) is 69.5 Å². The zero-order chi connectivity index (χ0) is 20.5. The van der Waals surface area contributed by atoms with Crippen LogP contribution >= 0.6 is 23.2 Å². The van der Waals surface area contributed by atoms with Crippen LogP contribution in [0.2, 0.25) is 10.0 Å². The normalized spacial score (nSPS) is 11.0. The minimum atomic E-state index is -0.643. The molecule has 0 aliphatic rings. The summed E-state index contributed by atoms with van der Waals surface area (Å²) in [5.74, 6) is 0.0151. The molecule has 148 valence electrons. The first-order chi connectivity index (χ1) is 13.9. The summed E-state index contributed by atoms with van der Waals surface area (Å²) in [6, 6.07) is 7.64. The molecule has 0 aliphatic carbocycles. The number of nitrogen functional groups attached to an aromatic ring is 1. The van der Waals surface area contributed by atoms with Crippen molar-refractivity contribution in [3.8, 4) is 23.0 Å². The third-order valence-corrected chi connectivity index (χ3v) is 4.63. The maximum Gasteiger partial charge on any atom is 0.251 e. The molecule has 0 saturated heterocycles. The van der Waals surface area contributed by atoms with Crippen molar-refractivity contribution in [1.29, 1.82) is 0 Å². The summed E-state index contributed by atoms with van der Waals surface area (Å²) in [4.78, 5) is 0. The van der Waals surface area contributed by atoms with Crippen molar-refractivity contribution in [2.45, 2.75) is 13.3 Å². The lowest BCUT2D eigenvalue weighted by Crippen LogP contribution is -1.98. The molecule has 7 nitrogen and oxygen atoms in total. The van der Waals surface area contributed by atoms with Crippen molar-refractivity contribution >= 4 is 28.9 Å². The van der Waals surface area contributed by atoms with E-state index in [-0.39, 0.29) is 34.4 Å². The molecule has 0 spiro atoms. The molecule has 0 bridgehead atoms. The fourth-order valence-corrected chi connectivity index (χ4v) is 3.15. The van der Waals surface area contributed by atoms with E-state index in [9.17, 15) is 0 Å². The van der Waals surface area contributed by atoms with E-state index in [1.807, 2.05) is 0 Å². The molecular weight excluding hydrogens is 420 g/mol. The molecule has 0 saturated carbocycles. The number of hydrogen-bond donors (Lipinski definition) is 2. The van der Waals surface area contributed by atoms with Crippen LogP contribution in [0.4, 0.5) is 10.1 Å². The van der Waals surface area contributed by atoms with Gasteiger partial charge in [0, 0.05) is 28.5 Å². The highest BCUT2D eigenvalue weighted by Crippen LogP contribution is 2.36. The van der Waals surface area contributed by atoms with Crippen LogP contribution in [0.3, 0.4) is 0 Å². The molecule has 0 atom stereocenters. The van der Waals surface area contributed by atoms with Gasteiger partial charge >= 0.3 is 0 Å². The number of anilines is 1. The van der Waals surface area contributed by atoms with Crippen LogP contribution in [-0.4, -0.2) is 20.4 Å². The largest absolute Gasteiger partial charge is 0.453 e. The van der Waals surface area contributed by atoms with Gasteiger partial charge in [0.2, 0.25) is 5.89 Å². The van der Waals surface area contributed by atoms with E-state index >= 15 is 4.39 Å². The van der Waals surface area contributed by atoms with Gasteiger partial charge in [0.05, 0.1) is 22.7 Å². The number of nitrogens with two attached hydrogens (primary N) is 1. The molecule has 10 heteroatoms. The molecule has 29 heavy (non-hydrogen) atoms. The highest BCUT2D eigenvalue weighted by molar-refractivity contribution is 6.32. The topological polar surface area (TPSA) is 103 Å². The van der Waals surface area contributed by atoms with Gasteiger partial charge in [0.1, 0.15) is 5.75 Å². The van der Waals surface area contributed by atoms with Crippen LogP contribution in [0.15, 0.2) is 40.9 Å². The van der Waals surface area contributed by atoms with Crippen LogP contribution in [0.25, 0.3) is 11.5 Å². The van der Waals surface area contributed by atoms with Crippen LogP contribution < -0.4 is 10.5 Å². The first kappa shape index (κ1) is 19.2. The van der Waals surface area contributed by atoms with E-state index in [1.54, 1.807) is 19.2 Å². The Bertz CT molecular complexity index is 1170. The van der Waals surface area contributed by atoms with E-state index in [1.165, 1.54) is 24.3 Å². The molecule has 2 heterocycles. The van der Waals surface area contributed by atoms with Crippen molar-refractivity contribution in [3.63, 3.8) is 0 Å². The summed E-state index contributed by atoms with van der Waals surface area (Å²) in [6.45, 7) is 1.81. The van der Waals surface area contributed by atoms with Crippen LogP contribution in [0.1, 0.15) is 17.1 Å². The Labute approximate surface area is 174 Å². The van der Waals surface area contributed by atoms with E-state index < -0.39 is 5.82 Å². The maximum atomic E-state index is 15.1. The van der Waals surface area contributed by atoms with Crippen molar-refractivity contribution in [1.82, 2.24) is 20.4 Å². The van der Waals surface area contributed by atoms with E-state index in [0.29, 0.717) is 27.9 Å². The Morgan fingerprint density at radius 3 is 2.76 bits per heavy atom. The summed E-state index contributed by atoms with van der Waals surface area (Å²) in [6.07, 6.45) is 1.71. The molecule has 3 N–H and O–H groups in total. The summed E-state index contributed by atoms with van der Waals surface area (Å²) in [7, 11) is 0. The molecule has 2 aromatic carbocycles. The summed E-state index contributed by atoms with van der Waals surface area (Å²) in [5, 5.41) is 15.2. The van der Waals surface area contributed by atoms with Gasteiger partial charge in [-0.3, -0.25) is 5.10 Å². The van der Waals surface area contributed by atoms with Crippen molar-refractivity contribution in [2.75, 3.05) is 5.73 Å². The Morgan fingerprint density at radius 2 is 2.03 bits per heavy atom. The van der Waals surface area contributed by atoms with Gasteiger partial charge in [0.25, 0.3) is 5.89 Å². The second-order valence-electron chi connectivity index (χ2n) is 6.23. The second kappa shape index (κ2) is 7.73. The predicted molar refractivity (Wildman–Crippen MR) is 107 cm³/mol. The van der Waals surface area contributed by atoms with E-state index in [4.69, 9.17) is 38.1 Å². The minimum absolute atomic E-state index is 0.0565. The number of aryl methyl sites for hydroxylation is 1. The summed E-state index contributed by atoms with van der Waals surface area (Å²) in [5.41, 5.74) is 7.81. The smallest absolute Gasteiger partial charge is 0.251 e. The third-order valence-electron chi connectivity index (χ3n) is 4.11. The number of halogens is 3. The van der Waals surface area contributed by atoms with Gasteiger partial charge in [-0.25, -0.2) is 4.39 Å². The number of H-pyrrole nitrogens is 1. The van der Waals surface area contributed by atoms with Gasteiger partial charge in [-0.2, -0.15) is 5.10 Å². The highest BCUT2D eigenvalue weighted by Gasteiger charge is 2.19. The molecule has 2 aromatic heterocycles. The molecule has 4 rings (SSSR count). The third kappa shape index (κ3) is 4.03. The lowest BCUT2D eigenvalue weighted by molar-refractivity contribution is 0.437. The maximum absolute atomic E-state index is 15.1. The molecule has 0 radical (unpaired) electrons. The number of ether oxygens (including phenoxy) is 1. The molecule has 0 unspecified atom stereocenters. The number of rotatable bonds is 5. The van der Waals surface area contributed by atoms with Crippen molar-refractivity contribution < 1.29 is 13.5 Å². The standard InChI is InChI=1S/C19H14Cl2FN5O2/c1-9-14(8-24-25-9)19-27-26-16(29-19)4-10-2-3-15(21)18(17(10)22)28-13-6-11(20)5-12(23)7-13/h2-3,5-8H,4,23H2,1H3,(H,24,25). The minimum Gasteiger partial charge on any atom is -0.453 e. The quantitative estimate of drug-likeness (QED) is 0.420. The van der Waals surface area contributed by atoms with Gasteiger partial charge in [0.15, 0.2) is 11.6 Å². The van der Waals surface area contributed by atoms with E-state index in [2.05, 4.69) is 20.4 Å². The van der Waals surface area contributed by atoms with Gasteiger partial charge in [-0.1, -0.05) is 29.3 Å². The number of benzene rings is 2. The summed E-state index contributed by atoms with van der Waals surface area (Å²) < 4.78 is 26.3.